The fraction of sp³-hybridized carbons (Fsp3) is 0.273. The van der Waals surface area contributed by atoms with Gasteiger partial charge in [-0.3, -0.25) is 4.79 Å². The van der Waals surface area contributed by atoms with E-state index in [1.807, 2.05) is 30.5 Å². The maximum absolute atomic E-state index is 13.7. The number of hydrogen-bond acceptors (Lipinski definition) is 4. The molecule has 0 aliphatic carbocycles. The van der Waals surface area contributed by atoms with E-state index in [1.165, 1.54) is 12.5 Å². The van der Waals surface area contributed by atoms with Crippen LogP contribution in [0.1, 0.15) is 40.2 Å². The second kappa shape index (κ2) is 7.77. The first-order valence-electron chi connectivity index (χ1n) is 10.2. The number of anilines is 1. The number of alkyl halides is 3. The van der Waals surface area contributed by atoms with Gasteiger partial charge in [0.15, 0.2) is 6.04 Å². The number of hydrogen-bond donors (Lipinski definition) is 3. The van der Waals surface area contributed by atoms with Gasteiger partial charge in [0.2, 0.25) is 0 Å². The lowest BCUT2D eigenvalue weighted by atomic mass is 10.0. The number of amides is 1. The molecule has 0 saturated carbocycles. The number of benzene rings is 1. The molecule has 166 valence electrons. The highest BCUT2D eigenvalue weighted by molar-refractivity contribution is 5.99. The Labute approximate surface area is 180 Å². The number of H-pyrrole nitrogens is 1. The Balaban J connectivity index is 1.34. The van der Waals surface area contributed by atoms with E-state index in [1.54, 1.807) is 12.1 Å². The van der Waals surface area contributed by atoms with Crippen molar-refractivity contribution in [3.05, 3.63) is 71.9 Å². The Morgan fingerprint density at radius 3 is 2.88 bits per heavy atom. The van der Waals surface area contributed by atoms with E-state index >= 15 is 0 Å². The number of aromatic nitrogens is 3. The smallest absolute Gasteiger partial charge is 0.410 e. The van der Waals surface area contributed by atoms with E-state index in [0.717, 1.165) is 21.1 Å². The molecule has 0 unspecified atom stereocenters. The van der Waals surface area contributed by atoms with Gasteiger partial charge in [0, 0.05) is 30.1 Å². The summed E-state index contributed by atoms with van der Waals surface area (Å²) < 4.78 is 47.3. The molecule has 3 aromatic heterocycles. The SMILES string of the molecule is O=C(NCCc1c[nH]c2ccccc12)c1cnn2c1N[C@H](c1ccco1)C[C@@H]2C(F)(F)F. The molecule has 7 nitrogen and oxygen atoms in total. The van der Waals surface area contributed by atoms with Crippen LogP contribution in [-0.2, 0) is 6.42 Å². The molecule has 3 N–H and O–H groups in total. The summed E-state index contributed by atoms with van der Waals surface area (Å²) in [6.45, 7) is 0.329. The molecule has 0 fully saturated rings. The van der Waals surface area contributed by atoms with Crippen LogP contribution in [0, 0.1) is 0 Å². The summed E-state index contributed by atoms with van der Waals surface area (Å²) >= 11 is 0. The van der Waals surface area contributed by atoms with Crippen LogP contribution in [0.4, 0.5) is 19.0 Å². The minimum Gasteiger partial charge on any atom is -0.467 e. The average molecular weight is 443 g/mol. The largest absolute Gasteiger partial charge is 0.467 e. The first kappa shape index (κ1) is 20.2. The van der Waals surface area contributed by atoms with Gasteiger partial charge in [-0.2, -0.15) is 18.3 Å². The zero-order chi connectivity index (χ0) is 22.3. The highest BCUT2D eigenvalue weighted by atomic mass is 19.4. The van der Waals surface area contributed by atoms with Crippen molar-refractivity contribution in [3.8, 4) is 0 Å². The highest BCUT2D eigenvalue weighted by Gasteiger charge is 2.47. The lowest BCUT2D eigenvalue weighted by Gasteiger charge is -2.32. The third-order valence-corrected chi connectivity index (χ3v) is 5.72. The lowest BCUT2D eigenvalue weighted by molar-refractivity contribution is -0.174. The Hall–Kier alpha value is -3.69. The van der Waals surface area contributed by atoms with Crippen LogP contribution in [0.5, 0.6) is 0 Å². The van der Waals surface area contributed by atoms with Crippen LogP contribution in [0.2, 0.25) is 0 Å². The van der Waals surface area contributed by atoms with Crippen LogP contribution in [-0.4, -0.2) is 33.4 Å². The van der Waals surface area contributed by atoms with Gasteiger partial charge >= 0.3 is 6.18 Å². The van der Waals surface area contributed by atoms with Crippen molar-refractivity contribution in [1.82, 2.24) is 20.1 Å². The number of nitrogens with one attached hydrogen (secondary N) is 3. The predicted molar refractivity (Wildman–Crippen MR) is 111 cm³/mol. The normalized spacial score (nSPS) is 18.3. The molecule has 0 spiro atoms. The van der Waals surface area contributed by atoms with Crippen LogP contribution in [0.15, 0.2) is 59.5 Å². The second-order valence-electron chi connectivity index (χ2n) is 7.72. The predicted octanol–water partition coefficient (Wildman–Crippen LogP) is 4.59. The highest BCUT2D eigenvalue weighted by Crippen LogP contribution is 2.44. The van der Waals surface area contributed by atoms with Gasteiger partial charge in [0.05, 0.1) is 18.5 Å². The molecule has 32 heavy (non-hydrogen) atoms. The molecular formula is C22H20F3N5O2. The van der Waals surface area contributed by atoms with Crippen molar-refractivity contribution in [3.63, 3.8) is 0 Å². The monoisotopic (exact) mass is 443 g/mol. The number of fused-ring (bicyclic) bond motifs is 2. The first-order valence-corrected chi connectivity index (χ1v) is 10.2. The Kier molecular flexibility index (Phi) is 4.91. The van der Waals surface area contributed by atoms with Crippen molar-refractivity contribution in [1.29, 1.82) is 0 Å². The minimum atomic E-state index is -4.52. The number of carbonyl (C=O) groups excluding carboxylic acids is 1. The minimum absolute atomic E-state index is 0.0320. The summed E-state index contributed by atoms with van der Waals surface area (Å²) in [4.78, 5) is 16.0. The molecule has 0 radical (unpaired) electrons. The van der Waals surface area contributed by atoms with Crippen molar-refractivity contribution in [2.24, 2.45) is 0 Å². The summed E-state index contributed by atoms with van der Waals surface area (Å²) in [7, 11) is 0. The summed E-state index contributed by atoms with van der Waals surface area (Å²) in [5, 5.41) is 10.7. The first-order chi connectivity index (χ1) is 15.4. The van der Waals surface area contributed by atoms with Crippen molar-refractivity contribution >= 4 is 22.6 Å². The van der Waals surface area contributed by atoms with Gasteiger partial charge < -0.3 is 20.0 Å². The van der Waals surface area contributed by atoms with Crippen LogP contribution in [0.3, 0.4) is 0 Å². The summed E-state index contributed by atoms with van der Waals surface area (Å²) in [5.41, 5.74) is 2.12. The van der Waals surface area contributed by atoms with Crippen LogP contribution >= 0.6 is 0 Å². The van der Waals surface area contributed by atoms with E-state index < -0.39 is 24.2 Å². The van der Waals surface area contributed by atoms with Gasteiger partial charge in [-0.25, -0.2) is 4.68 Å². The van der Waals surface area contributed by atoms with Crippen LogP contribution < -0.4 is 10.6 Å². The Morgan fingerprint density at radius 2 is 2.09 bits per heavy atom. The number of aromatic amines is 1. The molecule has 5 rings (SSSR count). The Bertz CT molecular complexity index is 1240. The topological polar surface area (TPSA) is 87.9 Å². The van der Waals surface area contributed by atoms with E-state index in [2.05, 4.69) is 20.7 Å². The van der Waals surface area contributed by atoms with E-state index in [-0.39, 0.29) is 17.8 Å². The number of furan rings is 1. The summed E-state index contributed by atoms with van der Waals surface area (Å²) in [5.74, 6) is -0.0819. The van der Waals surface area contributed by atoms with Crippen molar-refractivity contribution in [2.75, 3.05) is 11.9 Å². The molecule has 4 heterocycles. The zero-order valence-corrected chi connectivity index (χ0v) is 16.8. The van der Waals surface area contributed by atoms with Gasteiger partial charge in [0.25, 0.3) is 5.91 Å². The van der Waals surface area contributed by atoms with E-state index in [0.29, 0.717) is 18.7 Å². The molecule has 1 amide bonds. The third kappa shape index (κ3) is 3.61. The molecule has 0 bridgehead atoms. The molecule has 0 saturated heterocycles. The molecular weight excluding hydrogens is 423 g/mol. The molecule has 2 atom stereocenters. The lowest BCUT2D eigenvalue weighted by Crippen LogP contribution is -2.36. The van der Waals surface area contributed by atoms with Gasteiger partial charge in [0.1, 0.15) is 17.1 Å². The maximum Gasteiger partial charge on any atom is 0.410 e. The van der Waals surface area contributed by atoms with Gasteiger partial charge in [-0.15, -0.1) is 0 Å². The average Bonchev–Trinajstić information content (AvgIpc) is 3.52. The Morgan fingerprint density at radius 1 is 1.25 bits per heavy atom. The fourth-order valence-corrected chi connectivity index (χ4v) is 4.15. The molecule has 4 aromatic rings. The van der Waals surface area contributed by atoms with Crippen molar-refractivity contribution in [2.45, 2.75) is 31.1 Å². The zero-order valence-electron chi connectivity index (χ0n) is 16.8. The van der Waals surface area contributed by atoms with E-state index in [9.17, 15) is 18.0 Å². The summed E-state index contributed by atoms with van der Waals surface area (Å²) in [6, 6.07) is 8.48. The van der Waals surface area contributed by atoms with Gasteiger partial charge in [-0.1, -0.05) is 18.2 Å². The van der Waals surface area contributed by atoms with Crippen LogP contribution in [0.25, 0.3) is 10.9 Å². The molecule has 1 aromatic carbocycles. The third-order valence-electron chi connectivity index (χ3n) is 5.72. The number of carbonyl (C=O) groups is 1. The fourth-order valence-electron chi connectivity index (χ4n) is 4.15. The standard InChI is InChI=1S/C22H20F3N5O2/c23-22(24,25)19-10-17(18-6-3-9-32-18)29-20-15(12-28-30(19)20)21(31)26-8-7-13-11-27-16-5-2-1-4-14(13)16/h1-6,9,11-12,17,19,27,29H,7-8,10H2,(H,26,31)/t17-,19+/m0/s1. The number of nitrogens with zero attached hydrogens (tertiary/aromatic N) is 2. The maximum atomic E-state index is 13.7. The van der Waals surface area contributed by atoms with E-state index in [4.69, 9.17) is 4.42 Å². The quantitative estimate of drug-likeness (QED) is 0.421. The number of rotatable bonds is 5. The summed E-state index contributed by atoms with van der Waals surface area (Å²) in [6.07, 6.45) is 0.246. The van der Waals surface area contributed by atoms with Gasteiger partial charge in [-0.05, 0) is 30.2 Å². The number of halogens is 3. The molecule has 1 aliphatic heterocycles. The molecule has 10 heteroatoms. The second-order valence-corrected chi connectivity index (χ2v) is 7.72. The number of para-hydroxylation sites is 1. The molecule has 1 aliphatic rings. The van der Waals surface area contributed by atoms with Crippen molar-refractivity contribution < 1.29 is 22.4 Å².